The third-order valence-corrected chi connectivity index (χ3v) is 3.52. The molecule has 5 nitrogen and oxygen atoms in total. The number of allylic oxidation sites excluding steroid dienone is 1. The molecule has 5 heteroatoms. The molecule has 1 N–H and O–H groups in total. The lowest BCUT2D eigenvalue weighted by molar-refractivity contribution is 1.25. The van der Waals surface area contributed by atoms with Gasteiger partial charge in [-0.05, 0) is 30.3 Å². The van der Waals surface area contributed by atoms with Gasteiger partial charge in [0.05, 0.1) is 39.5 Å². The summed E-state index contributed by atoms with van der Waals surface area (Å²) in [4.78, 5) is 16.5. The summed E-state index contributed by atoms with van der Waals surface area (Å²) in [7, 11) is 0. The number of rotatable bonds is 2. The molecular weight excluding hydrogens is 286 g/mol. The number of hydrogen-bond acceptors (Lipinski definition) is 4. The molecule has 2 heterocycles. The smallest absolute Gasteiger partial charge is 0.149 e. The summed E-state index contributed by atoms with van der Waals surface area (Å²) in [5.41, 5.74) is 4.39. The van der Waals surface area contributed by atoms with Gasteiger partial charge in [-0.25, -0.2) is 9.97 Å². The zero-order valence-corrected chi connectivity index (χ0v) is 12.1. The monoisotopic (exact) mass is 297 g/mol. The van der Waals surface area contributed by atoms with Crippen LogP contribution in [0.5, 0.6) is 0 Å². The second-order valence-electron chi connectivity index (χ2n) is 5.06. The Balaban J connectivity index is 1.81. The number of aromatic nitrogens is 4. The lowest BCUT2D eigenvalue weighted by atomic mass is 10.2. The van der Waals surface area contributed by atoms with Gasteiger partial charge in [0.2, 0.25) is 0 Å². The first-order valence-electron chi connectivity index (χ1n) is 7.12. The Morgan fingerprint density at radius 1 is 0.957 bits per heavy atom. The maximum atomic E-state index is 9.45. The predicted molar refractivity (Wildman–Crippen MR) is 89.1 cm³/mol. The average Bonchev–Trinajstić information content (AvgIpc) is 3.03. The summed E-state index contributed by atoms with van der Waals surface area (Å²) in [6.45, 7) is 0. The fraction of sp³-hybridized carbons (Fsp3) is 0. The van der Waals surface area contributed by atoms with Crippen LogP contribution in [0.4, 0.5) is 0 Å². The van der Waals surface area contributed by atoms with Gasteiger partial charge >= 0.3 is 0 Å². The molecule has 0 spiro atoms. The molecule has 0 saturated carbocycles. The van der Waals surface area contributed by atoms with Gasteiger partial charge in [0, 0.05) is 0 Å². The highest BCUT2D eigenvalue weighted by molar-refractivity contribution is 5.90. The molecule has 0 atom stereocenters. The Kier molecular flexibility index (Phi) is 3.06. The number of benzene rings is 2. The Bertz CT molecular complexity index is 1050. The van der Waals surface area contributed by atoms with Crippen LogP contribution in [0, 0.1) is 11.3 Å². The van der Waals surface area contributed by atoms with Gasteiger partial charge in [0.25, 0.3) is 0 Å². The van der Waals surface area contributed by atoms with Crippen molar-refractivity contribution in [3.8, 4) is 6.07 Å². The van der Waals surface area contributed by atoms with E-state index in [1.807, 2.05) is 48.5 Å². The van der Waals surface area contributed by atoms with Crippen LogP contribution in [0.25, 0.3) is 33.7 Å². The first-order chi connectivity index (χ1) is 11.3. The largest absolute Gasteiger partial charge is 0.337 e. The zero-order chi connectivity index (χ0) is 15.6. The number of fused-ring (bicyclic) bond motifs is 2. The van der Waals surface area contributed by atoms with Crippen molar-refractivity contribution in [2.45, 2.75) is 0 Å². The van der Waals surface area contributed by atoms with Crippen molar-refractivity contribution in [1.29, 1.82) is 5.26 Å². The topological polar surface area (TPSA) is 78.2 Å². The number of H-pyrrole nitrogens is 1. The molecule has 23 heavy (non-hydrogen) atoms. The van der Waals surface area contributed by atoms with E-state index < -0.39 is 0 Å². The molecule has 2 aromatic heterocycles. The first kappa shape index (κ1) is 13.2. The quantitative estimate of drug-likeness (QED) is 0.574. The van der Waals surface area contributed by atoms with E-state index in [1.165, 1.54) is 0 Å². The molecule has 0 aliphatic carbocycles. The number of nitrogens with zero attached hydrogens (tertiary/aromatic N) is 4. The highest BCUT2D eigenvalue weighted by atomic mass is 14.9. The molecule has 4 aromatic rings. The molecule has 0 radical (unpaired) electrons. The minimum atomic E-state index is 0.422. The SMILES string of the molecule is N#C/C(=C\c1cnc2ccccc2n1)c1nc2ccccc2[nH]1. The number of nitrogens with one attached hydrogen (secondary N) is 1. The Hall–Kier alpha value is -3.52. The lowest BCUT2D eigenvalue weighted by Crippen LogP contribution is -1.90. The van der Waals surface area contributed by atoms with Crippen molar-refractivity contribution in [1.82, 2.24) is 19.9 Å². The molecule has 0 saturated heterocycles. The summed E-state index contributed by atoms with van der Waals surface area (Å²) in [6.07, 6.45) is 3.35. The second-order valence-corrected chi connectivity index (χ2v) is 5.06. The molecular formula is C18H11N5. The van der Waals surface area contributed by atoms with Crippen LogP contribution >= 0.6 is 0 Å². The molecule has 0 fully saturated rings. The van der Waals surface area contributed by atoms with Gasteiger partial charge in [-0.2, -0.15) is 5.26 Å². The highest BCUT2D eigenvalue weighted by Gasteiger charge is 2.08. The van der Waals surface area contributed by atoms with Crippen molar-refractivity contribution in [3.05, 3.63) is 66.2 Å². The maximum Gasteiger partial charge on any atom is 0.149 e. The van der Waals surface area contributed by atoms with Gasteiger partial charge in [0.15, 0.2) is 0 Å². The van der Waals surface area contributed by atoms with Gasteiger partial charge in [-0.1, -0.05) is 24.3 Å². The van der Waals surface area contributed by atoms with Crippen molar-refractivity contribution < 1.29 is 0 Å². The number of imidazole rings is 1. The third-order valence-electron chi connectivity index (χ3n) is 3.52. The summed E-state index contributed by atoms with van der Waals surface area (Å²) in [5.74, 6) is 0.531. The molecule has 0 amide bonds. The van der Waals surface area contributed by atoms with Crippen LogP contribution in [-0.4, -0.2) is 19.9 Å². The standard InChI is InChI=1S/C18H11N5/c19-10-12(18-22-16-7-3-4-8-17(16)23-18)9-13-11-20-14-5-1-2-6-15(14)21-13/h1-9,11H,(H,22,23)/b12-9+. The number of hydrogen-bond donors (Lipinski definition) is 1. The normalized spacial score (nSPS) is 11.7. The molecule has 4 rings (SSSR count). The molecule has 0 aliphatic rings. The Morgan fingerprint density at radius 3 is 2.48 bits per heavy atom. The highest BCUT2D eigenvalue weighted by Crippen LogP contribution is 2.19. The van der Waals surface area contributed by atoms with E-state index in [2.05, 4.69) is 26.0 Å². The lowest BCUT2D eigenvalue weighted by Gasteiger charge is -1.98. The van der Waals surface area contributed by atoms with Gasteiger partial charge in [-0.3, -0.25) is 4.98 Å². The maximum absolute atomic E-state index is 9.45. The van der Waals surface area contributed by atoms with E-state index in [1.54, 1.807) is 12.3 Å². The first-order valence-corrected chi connectivity index (χ1v) is 7.12. The van der Waals surface area contributed by atoms with Crippen molar-refractivity contribution in [2.24, 2.45) is 0 Å². The van der Waals surface area contributed by atoms with Gasteiger partial charge < -0.3 is 4.98 Å². The van der Waals surface area contributed by atoms with Crippen LogP contribution in [0.2, 0.25) is 0 Å². The van der Waals surface area contributed by atoms with Crippen LogP contribution in [0.15, 0.2) is 54.7 Å². The van der Waals surface area contributed by atoms with E-state index in [-0.39, 0.29) is 0 Å². The third kappa shape index (κ3) is 2.43. The average molecular weight is 297 g/mol. The summed E-state index contributed by atoms with van der Waals surface area (Å²) < 4.78 is 0. The van der Waals surface area contributed by atoms with E-state index in [0.29, 0.717) is 17.1 Å². The van der Waals surface area contributed by atoms with Crippen molar-refractivity contribution in [2.75, 3.05) is 0 Å². The van der Waals surface area contributed by atoms with Gasteiger partial charge in [-0.15, -0.1) is 0 Å². The fourth-order valence-electron chi connectivity index (χ4n) is 2.42. The molecule has 2 aromatic carbocycles. The van der Waals surface area contributed by atoms with Crippen LogP contribution in [0.3, 0.4) is 0 Å². The van der Waals surface area contributed by atoms with E-state index in [4.69, 9.17) is 0 Å². The molecule has 0 unspecified atom stereocenters. The Labute approximate surface area is 132 Å². The fourth-order valence-corrected chi connectivity index (χ4v) is 2.42. The van der Waals surface area contributed by atoms with Crippen LogP contribution in [0.1, 0.15) is 11.5 Å². The van der Waals surface area contributed by atoms with E-state index in [0.717, 1.165) is 22.1 Å². The second kappa shape index (κ2) is 5.35. The number of aromatic amines is 1. The zero-order valence-electron chi connectivity index (χ0n) is 12.1. The Morgan fingerprint density at radius 2 is 1.70 bits per heavy atom. The van der Waals surface area contributed by atoms with E-state index in [9.17, 15) is 5.26 Å². The van der Waals surface area contributed by atoms with Crippen molar-refractivity contribution >= 4 is 33.7 Å². The van der Waals surface area contributed by atoms with Crippen LogP contribution in [-0.2, 0) is 0 Å². The molecule has 0 aliphatic heterocycles. The molecule has 108 valence electrons. The summed E-state index contributed by atoms with van der Waals surface area (Å²) >= 11 is 0. The van der Waals surface area contributed by atoms with Crippen LogP contribution < -0.4 is 0 Å². The molecule has 0 bridgehead atoms. The van der Waals surface area contributed by atoms with Crippen molar-refractivity contribution in [3.63, 3.8) is 0 Å². The number of nitriles is 1. The predicted octanol–water partition coefficient (Wildman–Crippen LogP) is 3.57. The summed E-state index contributed by atoms with van der Waals surface area (Å²) in [5, 5.41) is 9.45. The minimum absolute atomic E-state index is 0.422. The minimum Gasteiger partial charge on any atom is -0.337 e. The number of para-hydroxylation sites is 4. The summed E-state index contributed by atoms with van der Waals surface area (Å²) in [6, 6.07) is 17.5. The van der Waals surface area contributed by atoms with Gasteiger partial charge in [0.1, 0.15) is 11.9 Å². The van der Waals surface area contributed by atoms with E-state index >= 15 is 0 Å².